The first-order valence-electron chi connectivity index (χ1n) is 9.82. The third-order valence-corrected chi connectivity index (χ3v) is 7.57. The molecule has 0 radical (unpaired) electrons. The van der Waals surface area contributed by atoms with Gasteiger partial charge in [-0.15, -0.1) is 0 Å². The van der Waals surface area contributed by atoms with Crippen molar-refractivity contribution in [3.63, 3.8) is 0 Å². The Labute approximate surface area is 141 Å². The van der Waals surface area contributed by atoms with Gasteiger partial charge in [0.15, 0.2) is 0 Å². The molecule has 0 aromatic carbocycles. The van der Waals surface area contributed by atoms with Crippen LogP contribution in [0.1, 0.15) is 85.5 Å². The SMILES string of the molecule is CCC(O)(CC)CC[C@H](F)[C@@H](C)[C@H]1CC[C@H]2[C@@H](O)CCC[C@]12C. The monoisotopic (exact) mass is 328 g/mol. The van der Waals surface area contributed by atoms with Crippen LogP contribution in [0, 0.1) is 23.2 Å². The van der Waals surface area contributed by atoms with Crippen molar-refractivity contribution in [3.05, 3.63) is 0 Å². The minimum atomic E-state index is -0.848. The zero-order valence-electron chi connectivity index (χ0n) is 15.5. The van der Waals surface area contributed by atoms with Crippen LogP contribution >= 0.6 is 0 Å². The largest absolute Gasteiger partial charge is 0.393 e. The van der Waals surface area contributed by atoms with Gasteiger partial charge in [0, 0.05) is 0 Å². The number of hydrogen-bond donors (Lipinski definition) is 2. The smallest absolute Gasteiger partial charge is 0.103 e. The van der Waals surface area contributed by atoms with Gasteiger partial charge >= 0.3 is 0 Å². The number of alkyl halides is 1. The van der Waals surface area contributed by atoms with Crippen molar-refractivity contribution in [2.75, 3.05) is 0 Å². The summed E-state index contributed by atoms with van der Waals surface area (Å²) in [4.78, 5) is 0. The molecule has 0 heterocycles. The molecule has 2 aliphatic rings. The second kappa shape index (κ2) is 7.39. The van der Waals surface area contributed by atoms with Crippen molar-refractivity contribution in [1.82, 2.24) is 0 Å². The van der Waals surface area contributed by atoms with E-state index in [1.165, 1.54) is 0 Å². The zero-order valence-corrected chi connectivity index (χ0v) is 15.5. The lowest BCUT2D eigenvalue weighted by Gasteiger charge is -2.45. The van der Waals surface area contributed by atoms with E-state index in [-0.39, 0.29) is 17.4 Å². The molecule has 2 saturated carbocycles. The highest BCUT2D eigenvalue weighted by atomic mass is 19.1. The van der Waals surface area contributed by atoms with Crippen molar-refractivity contribution < 1.29 is 14.6 Å². The topological polar surface area (TPSA) is 40.5 Å². The number of aliphatic hydroxyl groups excluding tert-OH is 1. The van der Waals surface area contributed by atoms with Crippen LogP contribution in [0.25, 0.3) is 0 Å². The molecule has 136 valence electrons. The molecule has 0 aliphatic heterocycles. The fourth-order valence-electron chi connectivity index (χ4n) is 5.58. The average Bonchev–Trinajstić information content (AvgIpc) is 2.90. The van der Waals surface area contributed by atoms with E-state index in [1.807, 2.05) is 13.8 Å². The first-order valence-corrected chi connectivity index (χ1v) is 9.82. The van der Waals surface area contributed by atoms with Gasteiger partial charge in [0.05, 0.1) is 11.7 Å². The molecule has 2 nitrogen and oxygen atoms in total. The summed E-state index contributed by atoms with van der Waals surface area (Å²) in [6.07, 6.45) is 6.58. The number of rotatable bonds is 7. The second-order valence-electron chi connectivity index (χ2n) is 8.60. The van der Waals surface area contributed by atoms with E-state index in [9.17, 15) is 14.6 Å². The molecule has 2 N–H and O–H groups in total. The first kappa shape index (κ1) is 19.2. The van der Waals surface area contributed by atoms with Crippen LogP contribution in [-0.2, 0) is 0 Å². The molecule has 6 atom stereocenters. The maximum absolute atomic E-state index is 14.9. The molecule has 0 unspecified atom stereocenters. The minimum absolute atomic E-state index is 0.0215. The summed E-state index contributed by atoms with van der Waals surface area (Å²) >= 11 is 0. The quantitative estimate of drug-likeness (QED) is 0.700. The molecule has 0 aromatic heterocycles. The third kappa shape index (κ3) is 3.76. The van der Waals surface area contributed by atoms with Gasteiger partial charge in [0.1, 0.15) is 6.17 Å². The van der Waals surface area contributed by atoms with Gasteiger partial charge in [-0.05, 0) is 74.5 Å². The van der Waals surface area contributed by atoms with Gasteiger partial charge in [0.25, 0.3) is 0 Å². The molecule has 2 aliphatic carbocycles. The molecule has 0 bridgehead atoms. The summed E-state index contributed by atoms with van der Waals surface area (Å²) in [6.45, 7) is 8.30. The van der Waals surface area contributed by atoms with Crippen molar-refractivity contribution in [3.8, 4) is 0 Å². The van der Waals surface area contributed by atoms with Crippen LogP contribution in [0.3, 0.4) is 0 Å². The summed E-state index contributed by atoms with van der Waals surface area (Å²) in [5, 5.41) is 20.7. The fraction of sp³-hybridized carbons (Fsp3) is 1.00. The molecule has 0 spiro atoms. The van der Waals surface area contributed by atoms with E-state index in [1.54, 1.807) is 0 Å². The standard InChI is InChI=1S/C20H37FO2/c1-5-20(23,6-2)13-11-17(21)14(3)15-9-10-16-18(22)8-7-12-19(15,16)4/h14-18,22-23H,5-13H2,1-4H3/t14-,15+,16-,17-,18-,19+/m0/s1. The second-order valence-corrected chi connectivity index (χ2v) is 8.60. The third-order valence-electron chi connectivity index (χ3n) is 7.57. The zero-order chi connectivity index (χ0) is 17.3. The van der Waals surface area contributed by atoms with Gasteiger partial charge in [0.2, 0.25) is 0 Å². The number of halogens is 1. The van der Waals surface area contributed by atoms with E-state index in [2.05, 4.69) is 13.8 Å². The van der Waals surface area contributed by atoms with Gasteiger partial charge < -0.3 is 10.2 Å². The van der Waals surface area contributed by atoms with Crippen LogP contribution in [-0.4, -0.2) is 28.1 Å². The molecule has 0 saturated heterocycles. The van der Waals surface area contributed by atoms with Gasteiger partial charge in [-0.1, -0.05) is 34.1 Å². The molecular weight excluding hydrogens is 291 g/mol. The van der Waals surface area contributed by atoms with Crippen LogP contribution < -0.4 is 0 Å². The van der Waals surface area contributed by atoms with Crippen LogP contribution in [0.4, 0.5) is 4.39 Å². The Bertz CT molecular complexity index is 382. The van der Waals surface area contributed by atoms with E-state index >= 15 is 0 Å². The number of hydrogen-bond acceptors (Lipinski definition) is 2. The van der Waals surface area contributed by atoms with Gasteiger partial charge in [-0.3, -0.25) is 0 Å². The molecule has 0 aromatic rings. The molecule has 23 heavy (non-hydrogen) atoms. The predicted octanol–water partition coefficient (Wildman–Crippen LogP) is 4.87. The van der Waals surface area contributed by atoms with Crippen LogP contribution in [0.15, 0.2) is 0 Å². The lowest BCUT2D eigenvalue weighted by molar-refractivity contribution is -0.0393. The summed E-state index contributed by atoms with van der Waals surface area (Å²) in [5.41, 5.74) is -0.597. The minimum Gasteiger partial charge on any atom is -0.393 e. The Morgan fingerprint density at radius 2 is 1.87 bits per heavy atom. The van der Waals surface area contributed by atoms with Crippen molar-refractivity contribution in [1.29, 1.82) is 0 Å². The summed E-state index contributed by atoms with van der Waals surface area (Å²) in [6, 6.07) is 0. The highest BCUT2D eigenvalue weighted by Crippen LogP contribution is 2.58. The normalized spacial score (nSPS) is 37.4. The summed E-state index contributed by atoms with van der Waals surface area (Å²) in [7, 11) is 0. The summed E-state index contributed by atoms with van der Waals surface area (Å²) < 4.78 is 14.9. The first-order chi connectivity index (χ1) is 10.8. The molecule has 3 heteroatoms. The van der Waals surface area contributed by atoms with Crippen molar-refractivity contribution in [2.45, 2.75) is 103 Å². The van der Waals surface area contributed by atoms with E-state index in [0.717, 1.165) is 32.1 Å². The van der Waals surface area contributed by atoms with E-state index in [4.69, 9.17) is 0 Å². The Kier molecular flexibility index (Phi) is 6.16. The number of aliphatic hydroxyl groups is 2. The van der Waals surface area contributed by atoms with Crippen molar-refractivity contribution in [2.24, 2.45) is 23.2 Å². The maximum Gasteiger partial charge on any atom is 0.103 e. The Hall–Kier alpha value is -0.150. The molecular formula is C20H37FO2. The molecule has 2 fully saturated rings. The lowest BCUT2D eigenvalue weighted by Crippen LogP contribution is -2.43. The average molecular weight is 329 g/mol. The Morgan fingerprint density at radius 3 is 2.48 bits per heavy atom. The highest BCUT2D eigenvalue weighted by Gasteiger charge is 2.53. The highest BCUT2D eigenvalue weighted by molar-refractivity contribution is 5.02. The maximum atomic E-state index is 14.9. The number of fused-ring (bicyclic) bond motifs is 1. The van der Waals surface area contributed by atoms with E-state index in [0.29, 0.717) is 37.5 Å². The fourth-order valence-corrected chi connectivity index (χ4v) is 5.58. The molecule has 2 rings (SSSR count). The van der Waals surface area contributed by atoms with Gasteiger partial charge in [-0.25, -0.2) is 4.39 Å². The summed E-state index contributed by atoms with van der Waals surface area (Å²) in [5.74, 6) is 0.751. The molecule has 0 amide bonds. The van der Waals surface area contributed by atoms with Gasteiger partial charge in [-0.2, -0.15) is 0 Å². The van der Waals surface area contributed by atoms with Crippen LogP contribution in [0.5, 0.6) is 0 Å². The predicted molar refractivity (Wildman–Crippen MR) is 93.0 cm³/mol. The lowest BCUT2D eigenvalue weighted by atomic mass is 9.61. The van der Waals surface area contributed by atoms with E-state index < -0.39 is 11.8 Å². The van der Waals surface area contributed by atoms with Crippen molar-refractivity contribution >= 4 is 0 Å². The Balaban J connectivity index is 1.98. The van der Waals surface area contributed by atoms with Crippen LogP contribution in [0.2, 0.25) is 0 Å². The Morgan fingerprint density at radius 1 is 1.22 bits per heavy atom.